The van der Waals surface area contributed by atoms with E-state index in [4.69, 9.17) is 14.2 Å². The fourth-order valence-electron chi connectivity index (χ4n) is 4.99. The Morgan fingerprint density at radius 2 is 1.74 bits per heavy atom. The van der Waals surface area contributed by atoms with Crippen LogP contribution < -0.4 is 19.5 Å². The summed E-state index contributed by atoms with van der Waals surface area (Å²) in [6, 6.07) is 26.6. The molecule has 6 rings (SSSR count). The fraction of sp³-hybridized carbons (Fsp3) is 0.188. The average Bonchev–Trinajstić information content (AvgIpc) is 3.65. The number of carbonyl (C=O) groups is 2. The molecule has 1 aromatic heterocycles. The molecule has 0 aliphatic carbocycles. The summed E-state index contributed by atoms with van der Waals surface area (Å²) in [7, 11) is 1.58. The number of anilines is 1. The highest BCUT2D eigenvalue weighted by atomic mass is 16.7. The number of fused-ring (bicyclic) bond motifs is 2. The molecule has 4 aromatic carbocycles. The summed E-state index contributed by atoms with van der Waals surface area (Å²) in [4.78, 5) is 30.0. The highest BCUT2D eigenvalue weighted by Crippen LogP contribution is 2.37. The molecule has 2 heterocycles. The topological polar surface area (TPSA) is 108 Å². The second-order valence-corrected chi connectivity index (χ2v) is 9.92. The molecule has 2 amide bonds. The summed E-state index contributed by atoms with van der Waals surface area (Å²) in [6.07, 6.45) is 0. The molecule has 0 bridgehead atoms. The van der Waals surface area contributed by atoms with E-state index in [1.54, 1.807) is 59.2 Å². The lowest BCUT2D eigenvalue weighted by atomic mass is 10.0. The van der Waals surface area contributed by atoms with Crippen LogP contribution in [0.15, 0.2) is 91.0 Å². The molecule has 0 saturated heterocycles. The Morgan fingerprint density at radius 1 is 0.976 bits per heavy atom. The molecule has 1 aliphatic rings. The molecule has 0 unspecified atom stereocenters. The molecule has 0 spiro atoms. The van der Waals surface area contributed by atoms with Gasteiger partial charge < -0.3 is 24.4 Å². The van der Waals surface area contributed by atoms with E-state index in [-0.39, 0.29) is 31.7 Å². The first-order valence-corrected chi connectivity index (χ1v) is 13.5. The summed E-state index contributed by atoms with van der Waals surface area (Å²) in [5.74, 6) is 1.07. The van der Waals surface area contributed by atoms with Crippen molar-refractivity contribution < 1.29 is 23.8 Å². The quantitative estimate of drug-likeness (QED) is 0.272. The number of hydrogen-bond acceptors (Lipinski definition) is 7. The molecule has 1 atom stereocenters. The van der Waals surface area contributed by atoms with Crippen LogP contribution in [0.1, 0.15) is 22.7 Å². The Balaban J connectivity index is 1.41. The normalized spacial score (nSPS) is 12.6. The molecule has 212 valence electrons. The molecular formula is C32H29N5O5. The van der Waals surface area contributed by atoms with E-state index >= 15 is 0 Å². The smallest absolute Gasteiger partial charge is 0.251 e. The fourth-order valence-corrected chi connectivity index (χ4v) is 4.99. The van der Waals surface area contributed by atoms with Gasteiger partial charge in [0.2, 0.25) is 12.7 Å². The van der Waals surface area contributed by atoms with E-state index < -0.39 is 6.04 Å². The van der Waals surface area contributed by atoms with E-state index in [9.17, 15) is 9.59 Å². The van der Waals surface area contributed by atoms with Crippen LogP contribution in [0.2, 0.25) is 0 Å². The van der Waals surface area contributed by atoms with Crippen molar-refractivity contribution in [3.05, 3.63) is 108 Å². The van der Waals surface area contributed by atoms with Gasteiger partial charge in [-0.15, -0.1) is 5.10 Å². The van der Waals surface area contributed by atoms with Crippen LogP contribution in [-0.2, 0) is 22.7 Å². The predicted octanol–water partition coefficient (Wildman–Crippen LogP) is 4.89. The number of methoxy groups -OCH3 is 1. The average molecular weight is 564 g/mol. The maximum absolute atomic E-state index is 14.2. The van der Waals surface area contributed by atoms with Crippen molar-refractivity contribution >= 4 is 28.5 Å². The van der Waals surface area contributed by atoms with Gasteiger partial charge in [-0.2, -0.15) is 0 Å². The van der Waals surface area contributed by atoms with Gasteiger partial charge in [-0.25, -0.2) is 4.68 Å². The summed E-state index contributed by atoms with van der Waals surface area (Å²) in [5.41, 5.74) is 4.47. The van der Waals surface area contributed by atoms with Crippen LogP contribution in [0, 0.1) is 6.92 Å². The van der Waals surface area contributed by atoms with Crippen LogP contribution in [0.5, 0.6) is 17.2 Å². The molecule has 0 radical (unpaired) electrons. The molecule has 0 saturated carbocycles. The lowest BCUT2D eigenvalue weighted by molar-refractivity contribution is -0.140. The minimum Gasteiger partial charge on any atom is -0.497 e. The monoisotopic (exact) mass is 563 g/mol. The second kappa shape index (κ2) is 11.6. The zero-order valence-corrected chi connectivity index (χ0v) is 23.2. The summed E-state index contributed by atoms with van der Waals surface area (Å²) < 4.78 is 18.0. The number of benzene rings is 4. The van der Waals surface area contributed by atoms with Crippen molar-refractivity contribution in [1.29, 1.82) is 0 Å². The first-order chi connectivity index (χ1) is 20.5. The molecule has 42 heavy (non-hydrogen) atoms. The number of aromatic nitrogens is 3. The lowest BCUT2D eigenvalue weighted by Crippen LogP contribution is -2.42. The third kappa shape index (κ3) is 5.46. The molecular weight excluding hydrogens is 534 g/mol. The number of nitrogens with one attached hydrogen (secondary N) is 1. The van der Waals surface area contributed by atoms with Gasteiger partial charge in [-0.1, -0.05) is 47.7 Å². The standard InChI is InChI=1S/C32H29N5O5/c1-21-7-3-4-8-23(21)18-36(30(38)19-37-27-10-6-5-9-26(27)34-35-37)31(22-11-16-28-29(17-22)42-20-41-28)32(39)33-24-12-14-25(40-2)15-13-24/h3-17,31H,18-20H2,1-2H3,(H,33,39)/t31-/m0/s1. The maximum atomic E-state index is 14.2. The van der Waals surface area contributed by atoms with E-state index in [0.717, 1.165) is 16.6 Å². The van der Waals surface area contributed by atoms with Gasteiger partial charge >= 0.3 is 0 Å². The van der Waals surface area contributed by atoms with Crippen molar-refractivity contribution in [2.75, 3.05) is 19.2 Å². The Kier molecular flexibility index (Phi) is 7.42. The third-order valence-corrected chi connectivity index (χ3v) is 7.26. The number of ether oxygens (including phenoxy) is 3. The maximum Gasteiger partial charge on any atom is 0.251 e. The van der Waals surface area contributed by atoms with Crippen LogP contribution >= 0.6 is 0 Å². The van der Waals surface area contributed by atoms with Crippen molar-refractivity contribution in [2.45, 2.75) is 26.1 Å². The van der Waals surface area contributed by atoms with Crippen LogP contribution in [-0.4, -0.2) is 45.6 Å². The van der Waals surface area contributed by atoms with Crippen LogP contribution in [0.25, 0.3) is 11.0 Å². The molecule has 10 heteroatoms. The van der Waals surface area contributed by atoms with E-state index in [0.29, 0.717) is 34.0 Å². The largest absolute Gasteiger partial charge is 0.497 e. The SMILES string of the molecule is COc1ccc(NC(=O)[C@H](c2ccc3c(c2)OCO3)N(Cc2ccccc2C)C(=O)Cn2nnc3ccccc32)cc1. The Labute approximate surface area is 242 Å². The molecule has 1 N–H and O–H groups in total. The third-order valence-electron chi connectivity index (χ3n) is 7.26. The first-order valence-electron chi connectivity index (χ1n) is 13.5. The number of amides is 2. The van der Waals surface area contributed by atoms with Crippen LogP contribution in [0.4, 0.5) is 5.69 Å². The molecule has 0 fully saturated rings. The summed E-state index contributed by atoms with van der Waals surface area (Å²) in [5, 5.41) is 11.4. The van der Waals surface area contributed by atoms with Crippen LogP contribution in [0.3, 0.4) is 0 Å². The van der Waals surface area contributed by atoms with Gasteiger partial charge in [0.1, 0.15) is 23.9 Å². The number of hydrogen-bond donors (Lipinski definition) is 1. The predicted molar refractivity (Wildman–Crippen MR) is 156 cm³/mol. The number of rotatable bonds is 9. The zero-order valence-electron chi connectivity index (χ0n) is 23.2. The van der Waals surface area contributed by atoms with Crippen molar-refractivity contribution in [3.63, 3.8) is 0 Å². The zero-order chi connectivity index (χ0) is 29.1. The molecule has 1 aliphatic heterocycles. The Bertz CT molecular complexity index is 1750. The Morgan fingerprint density at radius 3 is 2.55 bits per heavy atom. The van der Waals surface area contributed by atoms with E-state index in [1.165, 1.54) is 0 Å². The minimum absolute atomic E-state index is 0.0900. The second-order valence-electron chi connectivity index (χ2n) is 9.92. The number of nitrogens with zero attached hydrogens (tertiary/aromatic N) is 4. The van der Waals surface area contributed by atoms with Gasteiger partial charge in [0.05, 0.1) is 12.6 Å². The van der Waals surface area contributed by atoms with Crippen molar-refractivity contribution in [1.82, 2.24) is 19.9 Å². The van der Waals surface area contributed by atoms with E-state index in [1.807, 2.05) is 55.5 Å². The highest BCUT2D eigenvalue weighted by molar-refractivity contribution is 5.98. The highest BCUT2D eigenvalue weighted by Gasteiger charge is 2.34. The molecule has 10 nitrogen and oxygen atoms in total. The first kappa shape index (κ1) is 26.8. The van der Waals surface area contributed by atoms with E-state index in [2.05, 4.69) is 15.6 Å². The Hall–Kier alpha value is -5.38. The molecule has 5 aromatic rings. The number of aryl methyl sites for hydroxylation is 1. The van der Waals surface area contributed by atoms with Crippen molar-refractivity contribution in [3.8, 4) is 17.2 Å². The number of carbonyl (C=O) groups excluding carboxylic acids is 2. The minimum atomic E-state index is -1.01. The van der Waals surface area contributed by atoms with Gasteiger partial charge in [0.15, 0.2) is 11.5 Å². The lowest BCUT2D eigenvalue weighted by Gasteiger charge is -2.32. The van der Waals surface area contributed by atoms with Crippen molar-refractivity contribution in [2.24, 2.45) is 0 Å². The number of para-hydroxylation sites is 1. The van der Waals surface area contributed by atoms with Gasteiger partial charge in [0.25, 0.3) is 5.91 Å². The van der Waals surface area contributed by atoms with Gasteiger partial charge in [-0.05, 0) is 72.1 Å². The van der Waals surface area contributed by atoms with Gasteiger partial charge in [-0.3, -0.25) is 9.59 Å². The summed E-state index contributed by atoms with van der Waals surface area (Å²) in [6.45, 7) is 2.15. The summed E-state index contributed by atoms with van der Waals surface area (Å²) >= 11 is 0. The van der Waals surface area contributed by atoms with Gasteiger partial charge in [0, 0.05) is 12.2 Å².